The minimum atomic E-state index is -0.958. The van der Waals surface area contributed by atoms with E-state index in [1.54, 1.807) is 36.6 Å². The summed E-state index contributed by atoms with van der Waals surface area (Å²) in [4.78, 5) is 51.5. The number of hydrogen-bond donors (Lipinski definition) is 1. The Labute approximate surface area is 197 Å². The number of hydrogen-bond acceptors (Lipinski definition) is 5. The number of ether oxygens (including phenoxy) is 1. The molecule has 0 bridgehead atoms. The number of Topliss-reactive ketones (excluding diaryl/α,β-unsaturated/α-hetero) is 1. The molecule has 34 heavy (non-hydrogen) atoms. The number of nitrogens with zero attached hydrogens (tertiary/aromatic N) is 2. The molecule has 2 heterocycles. The maximum Gasteiger partial charge on any atom is 0.326 e. The molecule has 2 fully saturated rings. The zero-order valence-corrected chi connectivity index (χ0v) is 19.5. The molecule has 3 amide bonds. The largest absolute Gasteiger partial charge is 0.456 e. The highest BCUT2D eigenvalue weighted by molar-refractivity contribution is 6.09. The highest BCUT2D eigenvalue weighted by atomic mass is 19.1. The van der Waals surface area contributed by atoms with Gasteiger partial charge in [0.05, 0.1) is 0 Å². The Balaban J connectivity index is 1.40. The fraction of sp³-hybridized carbons (Fsp3) is 0.440. The molecule has 1 N–H and O–H groups in total. The van der Waals surface area contributed by atoms with E-state index in [-0.39, 0.29) is 5.92 Å². The van der Waals surface area contributed by atoms with Crippen molar-refractivity contribution in [1.29, 1.82) is 0 Å². The summed E-state index contributed by atoms with van der Waals surface area (Å²) in [5, 5.41) is 2.78. The molecule has 1 aromatic heterocycles. The number of nitrogens with one attached hydrogen (secondary N) is 1. The van der Waals surface area contributed by atoms with E-state index in [1.807, 2.05) is 6.92 Å². The molecule has 8 nitrogen and oxygen atoms in total. The lowest BCUT2D eigenvalue weighted by Gasteiger charge is -2.36. The lowest BCUT2D eigenvalue weighted by atomic mass is 9.73. The van der Waals surface area contributed by atoms with E-state index < -0.39 is 48.2 Å². The molecule has 180 valence electrons. The summed E-state index contributed by atoms with van der Waals surface area (Å²) in [6.07, 6.45) is 3.20. The molecule has 2 atom stereocenters. The Bertz CT molecular complexity index is 1170. The molecule has 0 radical (unpaired) electrons. The van der Waals surface area contributed by atoms with Crippen LogP contribution in [0.3, 0.4) is 0 Å². The topological polar surface area (TPSA) is 97.7 Å². The van der Waals surface area contributed by atoms with Gasteiger partial charge in [-0.2, -0.15) is 0 Å². The summed E-state index contributed by atoms with van der Waals surface area (Å²) in [5.41, 5.74) is 1.28. The van der Waals surface area contributed by atoms with Crippen molar-refractivity contribution in [2.75, 3.05) is 13.2 Å². The molecule has 1 saturated heterocycles. The van der Waals surface area contributed by atoms with Crippen LogP contribution in [-0.4, -0.2) is 51.8 Å². The quantitative estimate of drug-likeness (QED) is 0.397. The highest BCUT2D eigenvalue weighted by Crippen LogP contribution is 2.38. The van der Waals surface area contributed by atoms with Gasteiger partial charge in [0.15, 0.2) is 6.61 Å². The minimum Gasteiger partial charge on any atom is -0.456 e. The minimum absolute atomic E-state index is 0.0198. The van der Waals surface area contributed by atoms with Gasteiger partial charge in [0, 0.05) is 22.6 Å². The van der Waals surface area contributed by atoms with E-state index in [1.165, 1.54) is 12.1 Å². The number of benzene rings is 1. The first kappa shape index (κ1) is 23.7. The van der Waals surface area contributed by atoms with Gasteiger partial charge in [-0.15, -0.1) is 0 Å². The van der Waals surface area contributed by atoms with Gasteiger partial charge >= 0.3 is 12.0 Å². The first-order chi connectivity index (χ1) is 16.1. The number of imide groups is 1. The van der Waals surface area contributed by atoms with Crippen LogP contribution in [0.1, 0.15) is 54.4 Å². The van der Waals surface area contributed by atoms with Crippen molar-refractivity contribution in [3.8, 4) is 5.69 Å². The van der Waals surface area contributed by atoms with E-state index in [0.29, 0.717) is 23.4 Å². The molecule has 1 aliphatic heterocycles. The monoisotopic (exact) mass is 469 g/mol. The third-order valence-corrected chi connectivity index (χ3v) is 6.95. The SMILES string of the molecule is Cc1cc(C(=O)COC(=O)CN2C(=O)NC3(CCCCC3C)C2=O)c(C)n1-c1cccc(F)c1. The van der Waals surface area contributed by atoms with Crippen LogP contribution < -0.4 is 5.32 Å². The number of ketones is 1. The molecule has 2 unspecified atom stereocenters. The van der Waals surface area contributed by atoms with Crippen LogP contribution in [0.5, 0.6) is 0 Å². The van der Waals surface area contributed by atoms with E-state index in [9.17, 15) is 23.6 Å². The average molecular weight is 470 g/mol. The van der Waals surface area contributed by atoms with Crippen LogP contribution in [-0.2, 0) is 14.3 Å². The molecule has 1 spiro atoms. The first-order valence-corrected chi connectivity index (χ1v) is 11.4. The molecule has 9 heteroatoms. The second-order valence-electron chi connectivity index (χ2n) is 9.12. The fourth-order valence-electron chi connectivity index (χ4n) is 5.10. The van der Waals surface area contributed by atoms with Gasteiger partial charge in [0.1, 0.15) is 17.9 Å². The van der Waals surface area contributed by atoms with Crippen molar-refractivity contribution in [2.24, 2.45) is 5.92 Å². The number of carbonyl (C=O) groups is 4. The molecule has 1 aliphatic carbocycles. The van der Waals surface area contributed by atoms with Gasteiger partial charge in [0.2, 0.25) is 5.78 Å². The maximum atomic E-state index is 13.7. The Hall–Kier alpha value is -3.49. The van der Waals surface area contributed by atoms with Crippen molar-refractivity contribution < 1.29 is 28.3 Å². The Kier molecular flexibility index (Phi) is 6.29. The fourth-order valence-corrected chi connectivity index (χ4v) is 5.10. The lowest BCUT2D eigenvalue weighted by Crippen LogP contribution is -2.54. The lowest BCUT2D eigenvalue weighted by molar-refractivity contribution is -0.147. The Morgan fingerprint density at radius 1 is 1.21 bits per heavy atom. The molecule has 2 aliphatic rings. The van der Waals surface area contributed by atoms with Gasteiger partial charge in [-0.3, -0.25) is 19.3 Å². The van der Waals surface area contributed by atoms with E-state index in [4.69, 9.17) is 4.74 Å². The molecule has 1 saturated carbocycles. The first-order valence-electron chi connectivity index (χ1n) is 11.4. The average Bonchev–Trinajstić information content (AvgIpc) is 3.22. The van der Waals surface area contributed by atoms with Crippen LogP contribution >= 0.6 is 0 Å². The molecular weight excluding hydrogens is 441 g/mol. The summed E-state index contributed by atoms with van der Waals surface area (Å²) >= 11 is 0. The summed E-state index contributed by atoms with van der Waals surface area (Å²) < 4.78 is 20.5. The summed E-state index contributed by atoms with van der Waals surface area (Å²) in [7, 11) is 0. The van der Waals surface area contributed by atoms with Gasteiger partial charge in [-0.25, -0.2) is 9.18 Å². The Morgan fingerprint density at radius 2 is 1.97 bits per heavy atom. The van der Waals surface area contributed by atoms with Crippen molar-refractivity contribution in [3.63, 3.8) is 0 Å². The van der Waals surface area contributed by atoms with Crippen molar-refractivity contribution >= 4 is 23.7 Å². The van der Waals surface area contributed by atoms with E-state index in [2.05, 4.69) is 5.32 Å². The second-order valence-corrected chi connectivity index (χ2v) is 9.12. The predicted molar refractivity (Wildman–Crippen MR) is 121 cm³/mol. The molecule has 4 rings (SSSR count). The summed E-state index contributed by atoms with van der Waals surface area (Å²) in [5.74, 6) is -2.09. The number of carbonyl (C=O) groups excluding carboxylic acids is 4. The van der Waals surface area contributed by atoms with Crippen molar-refractivity contribution in [2.45, 2.75) is 52.0 Å². The third-order valence-electron chi connectivity index (χ3n) is 6.95. The zero-order chi connectivity index (χ0) is 24.6. The van der Waals surface area contributed by atoms with E-state index in [0.717, 1.165) is 29.9 Å². The standard InChI is InChI=1S/C25H28FN3O5/c1-15-7-4-5-10-25(15)23(32)28(24(33)27-25)13-22(31)34-14-21(30)20-11-16(2)29(17(20)3)19-9-6-8-18(26)12-19/h6,8-9,11-12,15H,4-5,7,10,13-14H2,1-3H3,(H,27,33). The maximum absolute atomic E-state index is 13.7. The van der Waals surface area contributed by atoms with Crippen LogP contribution in [0, 0.1) is 25.6 Å². The van der Waals surface area contributed by atoms with E-state index >= 15 is 0 Å². The number of rotatable bonds is 6. The highest BCUT2D eigenvalue weighted by Gasteiger charge is 2.55. The van der Waals surface area contributed by atoms with Gasteiger partial charge in [0.25, 0.3) is 5.91 Å². The second kappa shape index (κ2) is 9.04. The van der Waals surface area contributed by atoms with Crippen molar-refractivity contribution in [3.05, 3.63) is 53.1 Å². The van der Waals surface area contributed by atoms with Gasteiger partial charge in [-0.05, 0) is 56.9 Å². The zero-order valence-electron chi connectivity index (χ0n) is 19.5. The third kappa shape index (κ3) is 4.10. The number of esters is 1. The molecular formula is C25H28FN3O5. The van der Waals surface area contributed by atoms with Crippen LogP contribution in [0.2, 0.25) is 0 Å². The van der Waals surface area contributed by atoms with Crippen LogP contribution in [0.25, 0.3) is 5.69 Å². The smallest absolute Gasteiger partial charge is 0.326 e. The predicted octanol–water partition coefficient (Wildman–Crippen LogP) is 3.46. The van der Waals surface area contributed by atoms with Crippen LogP contribution in [0.15, 0.2) is 30.3 Å². The Morgan fingerprint density at radius 3 is 2.68 bits per heavy atom. The number of aromatic nitrogens is 1. The summed E-state index contributed by atoms with van der Waals surface area (Å²) in [6.45, 7) is 4.37. The van der Waals surface area contributed by atoms with Crippen LogP contribution in [0.4, 0.5) is 9.18 Å². The summed E-state index contributed by atoms with van der Waals surface area (Å²) in [6, 6.07) is 7.07. The number of amides is 3. The van der Waals surface area contributed by atoms with Crippen molar-refractivity contribution in [1.82, 2.24) is 14.8 Å². The number of aryl methyl sites for hydroxylation is 1. The normalized spacial score (nSPS) is 22.2. The molecule has 2 aromatic rings. The number of halogens is 1. The van der Waals surface area contributed by atoms with Gasteiger partial charge in [-0.1, -0.05) is 25.8 Å². The van der Waals surface area contributed by atoms with Gasteiger partial charge < -0.3 is 14.6 Å². The molecule has 1 aromatic carbocycles. The number of urea groups is 1.